The largest absolute Gasteiger partial charge is 0.506 e. The zero-order valence-electron chi connectivity index (χ0n) is 12.8. The highest BCUT2D eigenvalue weighted by atomic mass is 35.5. The summed E-state index contributed by atoms with van der Waals surface area (Å²) < 4.78 is 0. The number of phenolic OH excluding ortho intramolecular Hbond substituents is 1. The van der Waals surface area contributed by atoms with Crippen LogP contribution in [0, 0.1) is 5.92 Å². The predicted octanol–water partition coefficient (Wildman–Crippen LogP) is 1.99. The molecule has 1 aliphatic rings. The first-order valence-electron chi connectivity index (χ1n) is 7.22. The fourth-order valence-corrected chi connectivity index (χ4v) is 2.67. The van der Waals surface area contributed by atoms with Crippen LogP contribution in [0.3, 0.4) is 0 Å². The Bertz CT molecular complexity index is 573. The summed E-state index contributed by atoms with van der Waals surface area (Å²) in [6, 6.07) is 3.96. The highest BCUT2D eigenvalue weighted by molar-refractivity contribution is 6.31. The number of amides is 2. The van der Waals surface area contributed by atoms with Gasteiger partial charge in [-0.15, -0.1) is 12.4 Å². The molecule has 0 aromatic heterocycles. The Morgan fingerprint density at radius 2 is 2.00 bits per heavy atom. The fourth-order valence-electron chi connectivity index (χ4n) is 2.49. The van der Waals surface area contributed by atoms with E-state index in [1.54, 1.807) is 17.9 Å². The summed E-state index contributed by atoms with van der Waals surface area (Å²) in [6.07, 6.45) is 1.15. The number of nitrogens with two attached hydrogens (primary N) is 1. The average molecular weight is 362 g/mol. The Hall–Kier alpha value is -1.50. The molecule has 1 saturated heterocycles. The molecule has 4 N–H and O–H groups in total. The van der Waals surface area contributed by atoms with E-state index in [9.17, 15) is 14.7 Å². The molecule has 23 heavy (non-hydrogen) atoms. The Kier molecular flexibility index (Phi) is 7.12. The van der Waals surface area contributed by atoms with Crippen LogP contribution < -0.4 is 11.1 Å². The van der Waals surface area contributed by atoms with Gasteiger partial charge in [0.25, 0.3) is 0 Å². The van der Waals surface area contributed by atoms with Gasteiger partial charge in [-0.05, 0) is 38.0 Å². The van der Waals surface area contributed by atoms with Crippen LogP contribution in [0.15, 0.2) is 18.2 Å². The maximum Gasteiger partial charge on any atom is 0.239 e. The van der Waals surface area contributed by atoms with Gasteiger partial charge < -0.3 is 21.1 Å². The number of nitrogens with one attached hydrogen (secondary N) is 1. The lowest BCUT2D eigenvalue weighted by Crippen LogP contribution is -2.47. The van der Waals surface area contributed by atoms with Crippen LogP contribution in [0.1, 0.15) is 19.8 Å². The van der Waals surface area contributed by atoms with E-state index >= 15 is 0 Å². The molecular weight excluding hydrogens is 341 g/mol. The maximum absolute atomic E-state index is 12.2. The molecule has 2 rings (SSSR count). The molecular formula is C15H21Cl2N3O3. The van der Waals surface area contributed by atoms with E-state index < -0.39 is 6.04 Å². The smallest absolute Gasteiger partial charge is 0.239 e. The molecule has 8 heteroatoms. The third kappa shape index (κ3) is 4.99. The number of nitrogens with zero attached hydrogens (tertiary/aromatic N) is 1. The standard InChI is InChI=1S/C15H20ClN3O3.ClH/c1-9(17)15(22)19-6-4-10(5-7-19)14(21)18-12-8-11(16)2-3-13(12)20;/h2-3,8-10,20H,4-7,17H2,1H3,(H,18,21);1H. The van der Waals surface area contributed by atoms with Gasteiger partial charge in [-0.2, -0.15) is 0 Å². The van der Waals surface area contributed by atoms with E-state index in [0.717, 1.165) is 0 Å². The first kappa shape index (κ1) is 19.5. The fraction of sp³-hybridized carbons (Fsp3) is 0.467. The Morgan fingerprint density at radius 3 is 2.57 bits per heavy atom. The zero-order valence-corrected chi connectivity index (χ0v) is 14.4. The Labute approximate surface area is 146 Å². The minimum atomic E-state index is -0.520. The van der Waals surface area contributed by atoms with Crippen molar-refractivity contribution in [3.63, 3.8) is 0 Å². The highest BCUT2D eigenvalue weighted by Crippen LogP contribution is 2.28. The molecule has 0 saturated carbocycles. The third-order valence-electron chi connectivity index (χ3n) is 3.78. The molecule has 128 valence electrons. The molecule has 6 nitrogen and oxygen atoms in total. The van der Waals surface area contributed by atoms with Crippen LogP contribution in [-0.4, -0.2) is 41.0 Å². The molecule has 1 aromatic carbocycles. The summed E-state index contributed by atoms with van der Waals surface area (Å²) in [6.45, 7) is 2.68. The van der Waals surface area contributed by atoms with Crippen LogP contribution in [0.25, 0.3) is 0 Å². The van der Waals surface area contributed by atoms with Crippen molar-refractivity contribution in [2.24, 2.45) is 11.7 Å². The minimum Gasteiger partial charge on any atom is -0.506 e. The van der Waals surface area contributed by atoms with Crippen molar-refractivity contribution in [2.75, 3.05) is 18.4 Å². The molecule has 1 unspecified atom stereocenters. The number of hydrogen-bond donors (Lipinski definition) is 3. The minimum absolute atomic E-state index is 0. The van der Waals surface area contributed by atoms with Gasteiger partial charge in [0, 0.05) is 24.0 Å². The number of benzene rings is 1. The number of likely N-dealkylation sites (tertiary alicyclic amines) is 1. The first-order chi connectivity index (χ1) is 10.4. The number of carbonyl (C=O) groups excluding carboxylic acids is 2. The summed E-state index contributed by atoms with van der Waals surface area (Å²) in [5.74, 6) is -0.491. The molecule has 0 aliphatic carbocycles. The van der Waals surface area contributed by atoms with Crippen LogP contribution in [0.4, 0.5) is 5.69 Å². The normalized spacial score (nSPS) is 16.4. The molecule has 1 atom stereocenters. The summed E-state index contributed by atoms with van der Waals surface area (Å²) in [5.41, 5.74) is 5.88. The summed E-state index contributed by atoms with van der Waals surface area (Å²) in [7, 11) is 0. The number of halogens is 2. The second kappa shape index (κ2) is 8.38. The molecule has 1 aromatic rings. The Morgan fingerprint density at radius 1 is 1.39 bits per heavy atom. The summed E-state index contributed by atoms with van der Waals surface area (Å²) >= 11 is 5.85. The van der Waals surface area contributed by atoms with Crippen molar-refractivity contribution < 1.29 is 14.7 Å². The van der Waals surface area contributed by atoms with Crippen molar-refractivity contribution in [2.45, 2.75) is 25.8 Å². The molecule has 0 spiro atoms. The van der Waals surface area contributed by atoms with Crippen molar-refractivity contribution in [3.8, 4) is 5.75 Å². The first-order valence-corrected chi connectivity index (χ1v) is 7.60. The second-order valence-corrected chi connectivity index (χ2v) is 5.98. The SMILES string of the molecule is CC(N)C(=O)N1CCC(C(=O)Nc2cc(Cl)ccc2O)CC1.Cl. The topological polar surface area (TPSA) is 95.7 Å². The predicted molar refractivity (Wildman–Crippen MR) is 91.9 cm³/mol. The average Bonchev–Trinajstić information content (AvgIpc) is 2.50. The van der Waals surface area contributed by atoms with Crippen molar-refractivity contribution in [3.05, 3.63) is 23.2 Å². The molecule has 1 aliphatic heterocycles. The van der Waals surface area contributed by atoms with Crippen molar-refractivity contribution >= 4 is 41.5 Å². The molecule has 1 fully saturated rings. The lowest BCUT2D eigenvalue weighted by Gasteiger charge is -2.32. The summed E-state index contributed by atoms with van der Waals surface area (Å²) in [4.78, 5) is 25.7. The van der Waals surface area contributed by atoms with Gasteiger partial charge in [0.1, 0.15) is 5.75 Å². The number of phenols is 1. The quantitative estimate of drug-likeness (QED) is 0.717. The number of anilines is 1. The van der Waals surface area contributed by atoms with Crippen LogP contribution in [0.2, 0.25) is 5.02 Å². The number of aromatic hydroxyl groups is 1. The maximum atomic E-state index is 12.2. The lowest BCUT2D eigenvalue weighted by atomic mass is 9.95. The zero-order chi connectivity index (χ0) is 16.3. The van der Waals surface area contributed by atoms with Crippen molar-refractivity contribution in [1.29, 1.82) is 0 Å². The van der Waals surface area contributed by atoms with Gasteiger partial charge in [0.2, 0.25) is 11.8 Å². The van der Waals surface area contributed by atoms with Crippen LogP contribution >= 0.6 is 24.0 Å². The van der Waals surface area contributed by atoms with E-state index in [2.05, 4.69) is 5.32 Å². The molecule has 1 heterocycles. The molecule has 2 amide bonds. The van der Waals surface area contributed by atoms with E-state index in [1.165, 1.54) is 12.1 Å². The lowest BCUT2D eigenvalue weighted by molar-refractivity contribution is -0.135. The summed E-state index contributed by atoms with van der Waals surface area (Å²) in [5, 5.41) is 12.8. The van der Waals surface area contributed by atoms with E-state index in [4.69, 9.17) is 17.3 Å². The van der Waals surface area contributed by atoms with E-state index in [1.807, 2.05) is 0 Å². The molecule has 0 radical (unpaired) electrons. The number of carbonyl (C=O) groups is 2. The monoisotopic (exact) mass is 361 g/mol. The third-order valence-corrected chi connectivity index (χ3v) is 4.02. The number of rotatable bonds is 3. The molecule has 0 bridgehead atoms. The van der Waals surface area contributed by atoms with Gasteiger partial charge >= 0.3 is 0 Å². The number of hydrogen-bond acceptors (Lipinski definition) is 4. The number of piperidine rings is 1. The van der Waals surface area contributed by atoms with Gasteiger partial charge in [-0.3, -0.25) is 9.59 Å². The van der Waals surface area contributed by atoms with E-state index in [0.29, 0.717) is 36.6 Å². The van der Waals surface area contributed by atoms with E-state index in [-0.39, 0.29) is 35.9 Å². The van der Waals surface area contributed by atoms with Crippen molar-refractivity contribution in [1.82, 2.24) is 4.90 Å². The van der Waals surface area contributed by atoms with Gasteiger partial charge in [-0.25, -0.2) is 0 Å². The van der Waals surface area contributed by atoms with Crippen LogP contribution in [-0.2, 0) is 9.59 Å². The van der Waals surface area contributed by atoms with Gasteiger partial charge in [-0.1, -0.05) is 11.6 Å². The van der Waals surface area contributed by atoms with Gasteiger partial charge in [0.05, 0.1) is 11.7 Å². The second-order valence-electron chi connectivity index (χ2n) is 5.54. The highest BCUT2D eigenvalue weighted by Gasteiger charge is 2.28. The van der Waals surface area contributed by atoms with Crippen LogP contribution in [0.5, 0.6) is 5.75 Å². The Balaban J connectivity index is 0.00000264. The van der Waals surface area contributed by atoms with Gasteiger partial charge in [0.15, 0.2) is 0 Å².